The average Bonchev–Trinajstić information content (AvgIpc) is 2.02. The first-order chi connectivity index (χ1) is 5.95. The van der Waals surface area contributed by atoms with Crippen LogP contribution in [0.15, 0.2) is 18.2 Å². The van der Waals surface area contributed by atoms with Gasteiger partial charge in [-0.2, -0.15) is 0 Å². The topological polar surface area (TPSA) is 29.5 Å². The number of phenolic OH excluding ortho intramolecular Hbond substituents is 1. The Morgan fingerprint density at radius 1 is 1.31 bits per heavy atom. The molecule has 0 spiro atoms. The van der Waals surface area contributed by atoms with Crippen molar-refractivity contribution in [2.24, 2.45) is 0 Å². The van der Waals surface area contributed by atoms with E-state index in [4.69, 9.17) is 3.07 Å². The third-order valence-electron chi connectivity index (χ3n) is 1.91. The Kier molecular flexibility index (Phi) is 3.05. The summed E-state index contributed by atoms with van der Waals surface area (Å²) in [5, 5.41) is 9.52. The van der Waals surface area contributed by atoms with Gasteiger partial charge in [-0.1, -0.05) is 26.8 Å². The summed E-state index contributed by atoms with van der Waals surface area (Å²) in [6, 6.07) is 5.49. The van der Waals surface area contributed by atoms with Gasteiger partial charge in [0.25, 0.3) is 0 Å². The first-order valence-corrected chi connectivity index (χ1v) is 4.95. The third-order valence-corrected chi connectivity index (χ3v) is 2.38. The SMILES string of the molecule is CC(C)(C)c1ccc(OI)c(O)c1. The number of hydrogen-bond acceptors (Lipinski definition) is 2. The maximum atomic E-state index is 9.52. The highest BCUT2D eigenvalue weighted by Crippen LogP contribution is 2.32. The van der Waals surface area contributed by atoms with E-state index < -0.39 is 0 Å². The van der Waals surface area contributed by atoms with Crippen molar-refractivity contribution in [1.82, 2.24) is 0 Å². The lowest BCUT2D eigenvalue weighted by molar-refractivity contribution is 0.453. The van der Waals surface area contributed by atoms with Gasteiger partial charge in [0.1, 0.15) is 0 Å². The minimum absolute atomic E-state index is 0.0568. The lowest BCUT2D eigenvalue weighted by Gasteiger charge is -2.19. The summed E-state index contributed by atoms with van der Waals surface area (Å²) in [6.45, 7) is 6.31. The molecule has 1 aromatic carbocycles. The highest BCUT2D eigenvalue weighted by Gasteiger charge is 2.15. The molecule has 3 heteroatoms. The molecule has 0 saturated heterocycles. The van der Waals surface area contributed by atoms with Crippen LogP contribution in [0.5, 0.6) is 11.5 Å². The molecule has 13 heavy (non-hydrogen) atoms. The molecule has 72 valence electrons. The van der Waals surface area contributed by atoms with Crippen molar-refractivity contribution in [1.29, 1.82) is 0 Å². The van der Waals surface area contributed by atoms with Gasteiger partial charge in [0.15, 0.2) is 34.5 Å². The van der Waals surface area contributed by atoms with Crippen LogP contribution in [0.3, 0.4) is 0 Å². The second-order valence-electron chi connectivity index (χ2n) is 4.01. The summed E-state index contributed by atoms with van der Waals surface area (Å²) in [6.07, 6.45) is 0. The highest BCUT2D eigenvalue weighted by molar-refractivity contribution is 14.1. The van der Waals surface area contributed by atoms with E-state index in [9.17, 15) is 5.11 Å². The lowest BCUT2D eigenvalue weighted by atomic mass is 9.87. The van der Waals surface area contributed by atoms with E-state index in [1.54, 1.807) is 35.1 Å². The largest absolute Gasteiger partial charge is 0.504 e. The van der Waals surface area contributed by atoms with Crippen molar-refractivity contribution in [3.8, 4) is 11.5 Å². The second kappa shape index (κ2) is 3.74. The van der Waals surface area contributed by atoms with Crippen LogP contribution in [0.1, 0.15) is 26.3 Å². The fraction of sp³-hybridized carbons (Fsp3) is 0.400. The Labute approximate surface area is 92.6 Å². The van der Waals surface area contributed by atoms with Crippen LogP contribution in [0.25, 0.3) is 0 Å². The van der Waals surface area contributed by atoms with Crippen LogP contribution in [0.2, 0.25) is 0 Å². The quantitative estimate of drug-likeness (QED) is 0.804. The average molecular weight is 292 g/mol. The zero-order chi connectivity index (χ0) is 10.1. The van der Waals surface area contributed by atoms with Crippen LogP contribution in [-0.2, 0) is 5.41 Å². The molecule has 0 fully saturated rings. The molecule has 0 radical (unpaired) electrons. The van der Waals surface area contributed by atoms with Crippen molar-refractivity contribution in [3.63, 3.8) is 0 Å². The molecule has 0 aromatic heterocycles. The summed E-state index contributed by atoms with van der Waals surface area (Å²) >= 11 is 1.75. The summed E-state index contributed by atoms with van der Waals surface area (Å²) in [7, 11) is 0. The lowest BCUT2D eigenvalue weighted by Crippen LogP contribution is -2.10. The number of benzene rings is 1. The maximum Gasteiger partial charge on any atom is 0.192 e. The molecule has 0 heterocycles. The summed E-state index contributed by atoms with van der Waals surface area (Å²) in [5.74, 6) is 0.704. The molecule has 0 amide bonds. The van der Waals surface area contributed by atoms with Gasteiger partial charge >= 0.3 is 0 Å². The Hall–Kier alpha value is -0.450. The molecular formula is C10H13IO2. The standard InChI is InChI=1S/C10H13IO2/c1-10(2,3)7-4-5-9(13-11)8(12)6-7/h4-6,12H,1-3H3. The fourth-order valence-corrected chi connectivity index (χ4v) is 1.42. The predicted molar refractivity (Wildman–Crippen MR) is 61.5 cm³/mol. The van der Waals surface area contributed by atoms with Crippen molar-refractivity contribution >= 4 is 23.0 Å². The van der Waals surface area contributed by atoms with Crippen LogP contribution in [-0.4, -0.2) is 5.11 Å². The smallest absolute Gasteiger partial charge is 0.192 e. The van der Waals surface area contributed by atoms with Gasteiger partial charge in [0.05, 0.1) is 0 Å². The van der Waals surface area contributed by atoms with E-state index >= 15 is 0 Å². The van der Waals surface area contributed by atoms with Crippen molar-refractivity contribution in [2.75, 3.05) is 0 Å². The van der Waals surface area contributed by atoms with E-state index in [-0.39, 0.29) is 11.2 Å². The first-order valence-electron chi connectivity index (χ1n) is 4.07. The molecule has 0 aliphatic rings. The van der Waals surface area contributed by atoms with Gasteiger partial charge in [-0.3, -0.25) is 0 Å². The monoisotopic (exact) mass is 292 g/mol. The zero-order valence-corrected chi connectivity index (χ0v) is 10.1. The molecule has 0 atom stereocenters. The highest BCUT2D eigenvalue weighted by atomic mass is 127. The summed E-state index contributed by atoms with van der Waals surface area (Å²) < 4.78 is 4.93. The Balaban J connectivity index is 3.10. The molecule has 0 bridgehead atoms. The van der Waals surface area contributed by atoms with E-state index in [0.717, 1.165) is 5.56 Å². The van der Waals surface area contributed by atoms with Gasteiger partial charge in [0.2, 0.25) is 0 Å². The van der Waals surface area contributed by atoms with E-state index in [0.29, 0.717) is 5.75 Å². The Bertz CT molecular complexity index is 302. The predicted octanol–water partition coefficient (Wildman–Crippen LogP) is 3.42. The van der Waals surface area contributed by atoms with Gasteiger partial charge in [0, 0.05) is 0 Å². The van der Waals surface area contributed by atoms with E-state index in [2.05, 4.69) is 20.8 Å². The number of aromatic hydroxyl groups is 1. The van der Waals surface area contributed by atoms with Crippen molar-refractivity contribution in [2.45, 2.75) is 26.2 Å². The summed E-state index contributed by atoms with van der Waals surface area (Å²) in [4.78, 5) is 0. The van der Waals surface area contributed by atoms with Crippen molar-refractivity contribution < 1.29 is 8.17 Å². The molecule has 1 aromatic rings. The van der Waals surface area contributed by atoms with Gasteiger partial charge in [-0.25, -0.2) is 0 Å². The van der Waals surface area contributed by atoms with E-state index in [1.807, 2.05) is 6.07 Å². The zero-order valence-electron chi connectivity index (χ0n) is 7.97. The number of halogens is 1. The molecule has 1 rings (SSSR count). The van der Waals surface area contributed by atoms with Crippen LogP contribution < -0.4 is 3.07 Å². The molecule has 0 unspecified atom stereocenters. The normalized spacial score (nSPS) is 11.4. The maximum absolute atomic E-state index is 9.52. The van der Waals surface area contributed by atoms with Crippen LogP contribution in [0.4, 0.5) is 0 Å². The number of hydrogen-bond donors (Lipinski definition) is 1. The fourth-order valence-electron chi connectivity index (χ4n) is 1.05. The van der Waals surface area contributed by atoms with Crippen molar-refractivity contribution in [3.05, 3.63) is 23.8 Å². The molecule has 1 N–H and O–H groups in total. The van der Waals surface area contributed by atoms with Gasteiger partial charge < -0.3 is 8.17 Å². The minimum atomic E-state index is 0.0568. The van der Waals surface area contributed by atoms with Gasteiger partial charge in [-0.05, 0) is 23.1 Å². The third kappa shape index (κ3) is 2.49. The summed E-state index contributed by atoms with van der Waals surface area (Å²) in [5.41, 5.74) is 1.16. The second-order valence-corrected chi connectivity index (χ2v) is 4.45. The minimum Gasteiger partial charge on any atom is -0.504 e. The van der Waals surface area contributed by atoms with Crippen LogP contribution in [0, 0.1) is 0 Å². The molecular weight excluding hydrogens is 279 g/mol. The molecule has 0 aliphatic heterocycles. The number of rotatable bonds is 1. The molecule has 2 nitrogen and oxygen atoms in total. The molecule has 0 saturated carbocycles. The molecule has 0 aliphatic carbocycles. The Morgan fingerprint density at radius 2 is 1.92 bits per heavy atom. The van der Waals surface area contributed by atoms with E-state index in [1.165, 1.54) is 0 Å². The van der Waals surface area contributed by atoms with Crippen LogP contribution >= 0.6 is 23.0 Å². The number of phenols is 1. The Morgan fingerprint density at radius 3 is 2.31 bits per heavy atom. The van der Waals surface area contributed by atoms with Gasteiger partial charge in [-0.15, -0.1) is 0 Å². The first kappa shape index (κ1) is 10.6.